The Kier molecular flexibility index (Phi) is 4.46. The summed E-state index contributed by atoms with van der Waals surface area (Å²) in [7, 11) is 0. The van der Waals surface area contributed by atoms with Gasteiger partial charge in [-0.1, -0.05) is 19.8 Å². The van der Waals surface area contributed by atoms with E-state index < -0.39 is 17.5 Å². The van der Waals surface area contributed by atoms with Crippen molar-refractivity contribution < 1.29 is 14.4 Å². The minimum absolute atomic E-state index is 0.0781. The van der Waals surface area contributed by atoms with Gasteiger partial charge >= 0.3 is 6.03 Å². The third-order valence-electron chi connectivity index (χ3n) is 4.36. The Bertz CT molecular complexity index is 499. The molecule has 1 spiro atoms. The van der Waals surface area contributed by atoms with Crippen LogP contribution in [0.25, 0.3) is 0 Å². The first kappa shape index (κ1) is 15.3. The lowest BCUT2D eigenvalue weighted by Crippen LogP contribution is -2.54. The van der Waals surface area contributed by atoms with Gasteiger partial charge in [0.2, 0.25) is 5.91 Å². The zero-order valence-corrected chi connectivity index (χ0v) is 12.1. The van der Waals surface area contributed by atoms with E-state index in [4.69, 9.17) is 5.26 Å². The van der Waals surface area contributed by atoms with E-state index in [9.17, 15) is 14.4 Å². The van der Waals surface area contributed by atoms with Gasteiger partial charge in [0.1, 0.15) is 12.1 Å². The van der Waals surface area contributed by atoms with E-state index in [2.05, 4.69) is 10.6 Å². The largest absolute Gasteiger partial charge is 0.354 e. The van der Waals surface area contributed by atoms with Crippen LogP contribution in [0.15, 0.2) is 0 Å². The fourth-order valence-corrected chi connectivity index (χ4v) is 3.10. The first-order chi connectivity index (χ1) is 10.0. The Hall–Kier alpha value is -2.10. The lowest BCUT2D eigenvalue weighted by Gasteiger charge is -2.36. The molecule has 21 heavy (non-hydrogen) atoms. The predicted octanol–water partition coefficient (Wildman–Crippen LogP) is 0.517. The van der Waals surface area contributed by atoms with Crippen LogP contribution in [0, 0.1) is 17.2 Å². The standard InChI is InChI=1S/C14H20N4O3/c1-10-5-2-3-6-14(10)12(20)18(13(21)17-14)9-11(19)16-8-4-7-15/h10H,2-6,8-9H2,1H3,(H,16,19)(H,17,21)/t10-,14-/m1/s1. The number of nitrogens with one attached hydrogen (secondary N) is 2. The van der Waals surface area contributed by atoms with E-state index >= 15 is 0 Å². The summed E-state index contributed by atoms with van der Waals surface area (Å²) < 4.78 is 0. The summed E-state index contributed by atoms with van der Waals surface area (Å²) in [6.07, 6.45) is 3.69. The lowest BCUT2D eigenvalue weighted by atomic mass is 9.73. The average Bonchev–Trinajstić information content (AvgIpc) is 2.68. The number of hydrogen-bond donors (Lipinski definition) is 2. The molecule has 0 bridgehead atoms. The lowest BCUT2D eigenvalue weighted by molar-refractivity contribution is -0.137. The molecule has 7 heteroatoms. The summed E-state index contributed by atoms with van der Waals surface area (Å²) >= 11 is 0. The topological polar surface area (TPSA) is 102 Å². The van der Waals surface area contributed by atoms with Crippen molar-refractivity contribution in [3.8, 4) is 6.07 Å². The quantitative estimate of drug-likeness (QED) is 0.582. The summed E-state index contributed by atoms with van der Waals surface area (Å²) in [5.74, 6) is -0.640. The van der Waals surface area contributed by atoms with Crippen LogP contribution in [0.4, 0.5) is 4.79 Å². The van der Waals surface area contributed by atoms with Crippen molar-refractivity contribution in [2.75, 3.05) is 13.1 Å². The number of rotatable bonds is 4. The van der Waals surface area contributed by atoms with E-state index in [1.807, 2.05) is 13.0 Å². The van der Waals surface area contributed by atoms with Crippen LogP contribution in [-0.4, -0.2) is 41.4 Å². The van der Waals surface area contributed by atoms with Crippen molar-refractivity contribution in [1.29, 1.82) is 5.26 Å². The second-order valence-electron chi connectivity index (χ2n) is 5.70. The van der Waals surface area contributed by atoms with Crippen LogP contribution in [0.1, 0.15) is 39.0 Å². The second-order valence-corrected chi connectivity index (χ2v) is 5.70. The molecule has 0 aromatic carbocycles. The molecule has 1 saturated heterocycles. The van der Waals surface area contributed by atoms with E-state index in [-0.39, 0.29) is 31.3 Å². The molecule has 0 unspecified atom stereocenters. The van der Waals surface area contributed by atoms with Crippen LogP contribution in [0.3, 0.4) is 0 Å². The highest BCUT2D eigenvalue weighted by molar-refractivity contribution is 6.09. The van der Waals surface area contributed by atoms with Crippen LogP contribution in [0.5, 0.6) is 0 Å². The third kappa shape index (κ3) is 2.84. The average molecular weight is 292 g/mol. The van der Waals surface area contributed by atoms with Crippen molar-refractivity contribution in [3.63, 3.8) is 0 Å². The van der Waals surface area contributed by atoms with Crippen molar-refractivity contribution in [3.05, 3.63) is 0 Å². The number of hydrogen-bond acceptors (Lipinski definition) is 4. The number of nitrogens with zero attached hydrogens (tertiary/aromatic N) is 2. The van der Waals surface area contributed by atoms with Gasteiger partial charge in [0, 0.05) is 6.54 Å². The second kappa shape index (κ2) is 6.12. The molecule has 0 radical (unpaired) electrons. The normalized spacial score (nSPS) is 28.4. The van der Waals surface area contributed by atoms with E-state index in [1.165, 1.54) is 0 Å². The Morgan fingerprint density at radius 1 is 1.52 bits per heavy atom. The molecule has 2 atom stereocenters. The molecule has 2 N–H and O–H groups in total. The molecule has 0 aromatic heterocycles. The van der Waals surface area contributed by atoms with Gasteiger partial charge in [-0.15, -0.1) is 0 Å². The highest BCUT2D eigenvalue weighted by Gasteiger charge is 2.55. The van der Waals surface area contributed by atoms with Gasteiger partial charge in [-0.2, -0.15) is 5.26 Å². The Morgan fingerprint density at radius 2 is 2.29 bits per heavy atom. The SMILES string of the molecule is C[C@@H]1CCCC[C@@]12NC(=O)N(CC(=O)NCCC#N)C2=O. The van der Waals surface area contributed by atoms with E-state index in [0.29, 0.717) is 6.42 Å². The molecule has 1 aliphatic carbocycles. The Morgan fingerprint density at radius 3 is 2.95 bits per heavy atom. The van der Waals surface area contributed by atoms with Crippen LogP contribution in [0.2, 0.25) is 0 Å². The molecule has 0 aromatic rings. The summed E-state index contributed by atoms with van der Waals surface area (Å²) in [6, 6.07) is 1.42. The van der Waals surface area contributed by atoms with Gasteiger partial charge in [-0.3, -0.25) is 14.5 Å². The van der Waals surface area contributed by atoms with Crippen LogP contribution < -0.4 is 10.6 Å². The van der Waals surface area contributed by atoms with Gasteiger partial charge in [-0.25, -0.2) is 4.79 Å². The summed E-state index contributed by atoms with van der Waals surface area (Å²) in [5.41, 5.74) is -0.831. The zero-order chi connectivity index (χ0) is 15.5. The van der Waals surface area contributed by atoms with Gasteiger partial charge in [0.05, 0.1) is 12.5 Å². The van der Waals surface area contributed by atoms with Gasteiger partial charge in [0.15, 0.2) is 0 Å². The number of urea groups is 1. The number of carbonyl (C=O) groups is 3. The van der Waals surface area contributed by atoms with Crippen molar-refractivity contribution in [1.82, 2.24) is 15.5 Å². The molecular formula is C14H20N4O3. The number of carbonyl (C=O) groups excluding carboxylic acids is 3. The molecule has 1 saturated carbocycles. The van der Waals surface area contributed by atoms with E-state index in [1.54, 1.807) is 0 Å². The molecule has 2 aliphatic rings. The molecule has 7 nitrogen and oxygen atoms in total. The first-order valence-electron chi connectivity index (χ1n) is 7.29. The molecular weight excluding hydrogens is 272 g/mol. The molecule has 2 fully saturated rings. The van der Waals surface area contributed by atoms with E-state index in [0.717, 1.165) is 24.2 Å². The predicted molar refractivity (Wildman–Crippen MR) is 73.8 cm³/mol. The Labute approximate surface area is 123 Å². The third-order valence-corrected chi connectivity index (χ3v) is 4.36. The summed E-state index contributed by atoms with van der Waals surface area (Å²) in [6.45, 7) is 1.90. The van der Waals surface area contributed by atoms with Gasteiger partial charge < -0.3 is 10.6 Å². The number of amides is 4. The smallest absolute Gasteiger partial charge is 0.325 e. The highest BCUT2D eigenvalue weighted by Crippen LogP contribution is 2.37. The minimum Gasteiger partial charge on any atom is -0.354 e. The fraction of sp³-hybridized carbons (Fsp3) is 0.714. The number of nitriles is 1. The minimum atomic E-state index is -0.831. The maximum atomic E-state index is 12.6. The molecule has 4 amide bonds. The molecule has 1 heterocycles. The monoisotopic (exact) mass is 292 g/mol. The van der Waals surface area contributed by atoms with Crippen molar-refractivity contribution in [2.45, 2.75) is 44.6 Å². The summed E-state index contributed by atoms with van der Waals surface area (Å²) in [5, 5.41) is 13.7. The zero-order valence-electron chi connectivity index (χ0n) is 12.1. The van der Waals surface area contributed by atoms with Gasteiger partial charge in [0.25, 0.3) is 5.91 Å². The molecule has 2 rings (SSSR count). The van der Waals surface area contributed by atoms with Crippen LogP contribution >= 0.6 is 0 Å². The number of imide groups is 1. The van der Waals surface area contributed by atoms with Crippen LogP contribution in [-0.2, 0) is 9.59 Å². The highest BCUT2D eigenvalue weighted by atomic mass is 16.2. The first-order valence-corrected chi connectivity index (χ1v) is 7.29. The van der Waals surface area contributed by atoms with Crippen molar-refractivity contribution >= 4 is 17.8 Å². The molecule has 1 aliphatic heterocycles. The summed E-state index contributed by atoms with van der Waals surface area (Å²) in [4.78, 5) is 37.3. The maximum Gasteiger partial charge on any atom is 0.325 e. The van der Waals surface area contributed by atoms with Crippen molar-refractivity contribution in [2.24, 2.45) is 5.92 Å². The maximum absolute atomic E-state index is 12.6. The fourth-order valence-electron chi connectivity index (χ4n) is 3.10. The molecule has 114 valence electrons. The van der Waals surface area contributed by atoms with Gasteiger partial charge in [-0.05, 0) is 18.8 Å². The Balaban J connectivity index is 2.02.